The molecular weight excluding hydrogens is 393 g/mol. The average Bonchev–Trinajstić information content (AvgIpc) is 3.16. The van der Waals surface area contributed by atoms with Gasteiger partial charge in [0.25, 0.3) is 5.91 Å². The van der Waals surface area contributed by atoms with E-state index in [2.05, 4.69) is 10.1 Å². The molecule has 3 heterocycles. The Morgan fingerprint density at radius 1 is 1.03 bits per heavy atom. The number of anilines is 1. The average molecular weight is 410 g/mol. The van der Waals surface area contributed by atoms with Crippen molar-refractivity contribution in [3.8, 4) is 11.1 Å². The number of amides is 1. The molecule has 0 atom stereocenters. The van der Waals surface area contributed by atoms with Crippen molar-refractivity contribution < 1.29 is 18.0 Å². The van der Waals surface area contributed by atoms with Crippen molar-refractivity contribution in [2.45, 2.75) is 13.1 Å². The van der Waals surface area contributed by atoms with Crippen LogP contribution in [0.2, 0.25) is 0 Å². The lowest BCUT2D eigenvalue weighted by molar-refractivity contribution is -0.137. The highest BCUT2D eigenvalue weighted by molar-refractivity contribution is 6.04. The van der Waals surface area contributed by atoms with Gasteiger partial charge in [-0.25, -0.2) is 4.52 Å². The molecule has 0 bridgehead atoms. The van der Waals surface area contributed by atoms with Crippen LogP contribution >= 0.6 is 0 Å². The van der Waals surface area contributed by atoms with Crippen LogP contribution < -0.4 is 4.90 Å². The van der Waals surface area contributed by atoms with Crippen molar-refractivity contribution in [2.75, 3.05) is 11.9 Å². The second-order valence-corrected chi connectivity index (χ2v) is 6.93. The number of aryl methyl sites for hydroxylation is 1. The number of hydrogen-bond acceptors (Lipinski definition) is 3. The van der Waals surface area contributed by atoms with E-state index in [-0.39, 0.29) is 5.91 Å². The molecular formula is C22H17F3N4O. The molecule has 3 aromatic heterocycles. The molecule has 4 aromatic rings. The van der Waals surface area contributed by atoms with Gasteiger partial charge in [0.2, 0.25) is 0 Å². The van der Waals surface area contributed by atoms with Crippen LogP contribution in [0, 0.1) is 6.92 Å². The highest BCUT2D eigenvalue weighted by Gasteiger charge is 2.30. The van der Waals surface area contributed by atoms with Gasteiger partial charge in [0.05, 0.1) is 17.3 Å². The van der Waals surface area contributed by atoms with Gasteiger partial charge in [0.15, 0.2) is 0 Å². The van der Waals surface area contributed by atoms with E-state index in [1.807, 2.05) is 13.0 Å². The topological polar surface area (TPSA) is 50.5 Å². The molecule has 0 aliphatic heterocycles. The van der Waals surface area contributed by atoms with E-state index in [0.29, 0.717) is 28.0 Å². The Morgan fingerprint density at radius 3 is 2.40 bits per heavy atom. The molecule has 152 valence electrons. The summed E-state index contributed by atoms with van der Waals surface area (Å²) in [6.45, 7) is 1.89. The molecule has 4 rings (SSSR count). The Morgan fingerprint density at radius 2 is 1.77 bits per heavy atom. The summed E-state index contributed by atoms with van der Waals surface area (Å²) < 4.78 is 40.1. The Bertz CT molecular complexity index is 1210. The third-order valence-corrected chi connectivity index (χ3v) is 4.85. The van der Waals surface area contributed by atoms with E-state index in [4.69, 9.17) is 0 Å². The van der Waals surface area contributed by atoms with Gasteiger partial charge in [0.1, 0.15) is 5.69 Å². The monoisotopic (exact) mass is 410 g/mol. The fourth-order valence-electron chi connectivity index (χ4n) is 3.12. The number of fused-ring (bicyclic) bond motifs is 1. The maximum Gasteiger partial charge on any atom is 0.416 e. The first-order valence-corrected chi connectivity index (χ1v) is 9.10. The normalized spacial score (nSPS) is 11.6. The Labute approximate surface area is 170 Å². The van der Waals surface area contributed by atoms with Crippen molar-refractivity contribution >= 4 is 17.1 Å². The maximum absolute atomic E-state index is 12.8. The molecule has 0 spiro atoms. The van der Waals surface area contributed by atoms with Crippen molar-refractivity contribution in [1.29, 1.82) is 0 Å². The summed E-state index contributed by atoms with van der Waals surface area (Å²) in [5.74, 6) is -0.269. The third kappa shape index (κ3) is 3.63. The summed E-state index contributed by atoms with van der Waals surface area (Å²) in [4.78, 5) is 18.4. The maximum atomic E-state index is 12.8. The standard InChI is InChI=1S/C22H17F3N4O/c1-14-3-8-19(26-12-14)21(30)28(2)17-9-10-29-20(11-17)18(13-27-29)15-4-6-16(7-5-15)22(23,24)25/h3-13H,1-2H3. The van der Waals surface area contributed by atoms with Gasteiger partial charge < -0.3 is 4.90 Å². The number of carbonyl (C=O) groups excluding carboxylic acids is 1. The molecule has 1 aromatic carbocycles. The zero-order chi connectivity index (χ0) is 21.5. The lowest BCUT2D eigenvalue weighted by Gasteiger charge is -2.17. The highest BCUT2D eigenvalue weighted by Crippen LogP contribution is 2.32. The van der Waals surface area contributed by atoms with E-state index in [0.717, 1.165) is 17.7 Å². The van der Waals surface area contributed by atoms with Crippen LogP contribution in [0.1, 0.15) is 21.6 Å². The van der Waals surface area contributed by atoms with E-state index in [9.17, 15) is 18.0 Å². The largest absolute Gasteiger partial charge is 0.416 e. The van der Waals surface area contributed by atoms with Crippen LogP contribution in [0.3, 0.4) is 0 Å². The Hall–Kier alpha value is -3.68. The minimum atomic E-state index is -4.39. The number of aromatic nitrogens is 3. The Balaban J connectivity index is 1.69. The summed E-state index contributed by atoms with van der Waals surface area (Å²) in [5, 5.41) is 4.26. The molecule has 5 nitrogen and oxygen atoms in total. The molecule has 0 unspecified atom stereocenters. The number of pyridine rings is 2. The molecule has 0 fully saturated rings. The van der Waals surface area contributed by atoms with Gasteiger partial charge in [-0.2, -0.15) is 18.3 Å². The summed E-state index contributed by atoms with van der Waals surface area (Å²) >= 11 is 0. The number of benzene rings is 1. The van der Waals surface area contributed by atoms with E-state index in [1.54, 1.807) is 48.4 Å². The predicted molar refractivity (Wildman–Crippen MR) is 107 cm³/mol. The van der Waals surface area contributed by atoms with Crippen LogP contribution in [-0.4, -0.2) is 27.6 Å². The number of carbonyl (C=O) groups is 1. The van der Waals surface area contributed by atoms with Crippen molar-refractivity contribution in [3.63, 3.8) is 0 Å². The minimum absolute atomic E-state index is 0.269. The zero-order valence-corrected chi connectivity index (χ0v) is 16.2. The van der Waals surface area contributed by atoms with E-state index < -0.39 is 11.7 Å². The van der Waals surface area contributed by atoms with Gasteiger partial charge in [-0.05, 0) is 48.4 Å². The summed E-state index contributed by atoms with van der Waals surface area (Å²) in [6.07, 6.45) is 0.527. The lowest BCUT2D eigenvalue weighted by atomic mass is 10.0. The highest BCUT2D eigenvalue weighted by atomic mass is 19.4. The van der Waals surface area contributed by atoms with Gasteiger partial charge in [-0.1, -0.05) is 18.2 Å². The van der Waals surface area contributed by atoms with Crippen LogP contribution in [0.4, 0.5) is 18.9 Å². The first kappa shape index (κ1) is 19.6. The number of hydrogen-bond donors (Lipinski definition) is 0. The summed E-state index contributed by atoms with van der Waals surface area (Å²) in [5.41, 5.74) is 3.12. The van der Waals surface area contributed by atoms with Crippen molar-refractivity contribution in [3.05, 3.63) is 83.9 Å². The molecule has 8 heteroatoms. The fourth-order valence-corrected chi connectivity index (χ4v) is 3.12. The zero-order valence-electron chi connectivity index (χ0n) is 16.2. The first-order valence-electron chi connectivity index (χ1n) is 9.10. The van der Waals surface area contributed by atoms with Crippen molar-refractivity contribution in [2.24, 2.45) is 0 Å². The molecule has 0 saturated carbocycles. The van der Waals surface area contributed by atoms with E-state index in [1.165, 1.54) is 17.0 Å². The molecule has 0 saturated heterocycles. The van der Waals surface area contributed by atoms with Crippen molar-refractivity contribution in [1.82, 2.24) is 14.6 Å². The van der Waals surface area contributed by atoms with Crippen LogP contribution in [0.5, 0.6) is 0 Å². The van der Waals surface area contributed by atoms with Crippen LogP contribution in [-0.2, 0) is 6.18 Å². The van der Waals surface area contributed by atoms with Gasteiger partial charge >= 0.3 is 6.18 Å². The molecule has 30 heavy (non-hydrogen) atoms. The van der Waals surface area contributed by atoms with Gasteiger partial charge in [-0.15, -0.1) is 0 Å². The molecule has 0 aliphatic carbocycles. The van der Waals surface area contributed by atoms with Gasteiger partial charge in [0, 0.05) is 30.7 Å². The second kappa shape index (κ2) is 7.29. The van der Waals surface area contributed by atoms with Crippen LogP contribution in [0.15, 0.2) is 67.1 Å². The first-order chi connectivity index (χ1) is 14.2. The second-order valence-electron chi connectivity index (χ2n) is 6.93. The summed E-state index contributed by atoms with van der Waals surface area (Å²) in [6, 6.07) is 11.9. The molecule has 0 aliphatic rings. The van der Waals surface area contributed by atoms with Crippen LogP contribution in [0.25, 0.3) is 16.6 Å². The molecule has 0 N–H and O–H groups in total. The Kier molecular flexibility index (Phi) is 4.77. The number of halogens is 3. The smallest absolute Gasteiger partial charge is 0.310 e. The number of alkyl halides is 3. The fraction of sp³-hybridized carbons (Fsp3) is 0.136. The SMILES string of the molecule is Cc1ccc(C(=O)N(C)c2ccn3ncc(-c4ccc(C(F)(F)F)cc4)c3c2)nc1. The lowest BCUT2D eigenvalue weighted by Crippen LogP contribution is -2.27. The summed E-state index contributed by atoms with van der Waals surface area (Å²) in [7, 11) is 1.64. The third-order valence-electron chi connectivity index (χ3n) is 4.85. The van der Waals surface area contributed by atoms with E-state index >= 15 is 0 Å². The predicted octanol–water partition coefficient (Wildman–Crippen LogP) is 5.00. The number of rotatable bonds is 3. The number of nitrogens with zero attached hydrogens (tertiary/aromatic N) is 4. The van der Waals surface area contributed by atoms with Gasteiger partial charge in [-0.3, -0.25) is 9.78 Å². The molecule has 0 radical (unpaired) electrons. The minimum Gasteiger partial charge on any atom is -0.310 e. The quantitative estimate of drug-likeness (QED) is 0.478. The molecule has 1 amide bonds.